The van der Waals surface area contributed by atoms with Gasteiger partial charge in [0.1, 0.15) is 5.84 Å². The average molecular weight is 185 g/mol. The molecule has 0 aromatic rings. The summed E-state index contributed by atoms with van der Waals surface area (Å²) in [5, 5.41) is 17.3. The molecule has 1 saturated carbocycles. The fourth-order valence-corrected chi connectivity index (χ4v) is 0.882. The van der Waals surface area contributed by atoms with Crippen LogP contribution in [0.25, 0.3) is 0 Å². The minimum Gasteiger partial charge on any atom is -0.398 e. The zero-order valence-corrected chi connectivity index (χ0v) is 7.57. The van der Waals surface area contributed by atoms with Gasteiger partial charge in [-0.25, -0.2) is 0 Å². The van der Waals surface area contributed by atoms with Crippen molar-refractivity contribution in [1.82, 2.24) is 0 Å². The van der Waals surface area contributed by atoms with Crippen LogP contribution in [-0.2, 0) is 0 Å². The van der Waals surface area contributed by atoms with E-state index in [1.807, 2.05) is 6.92 Å². The topological polar surface area (TPSA) is 105 Å². The van der Waals surface area contributed by atoms with E-state index in [4.69, 9.17) is 21.7 Å². The maximum absolute atomic E-state index is 8.64. The Kier molecular flexibility index (Phi) is 2.58. The van der Waals surface area contributed by atoms with Crippen LogP contribution in [0.2, 0.25) is 0 Å². The normalized spacial score (nSPS) is 22.2. The van der Waals surface area contributed by atoms with Gasteiger partial charge in [0.15, 0.2) is 6.29 Å². The first kappa shape index (κ1) is 10.0. The minimum atomic E-state index is -1.67. The van der Waals surface area contributed by atoms with Gasteiger partial charge in [-0.05, 0) is 19.8 Å². The molecule has 5 nitrogen and oxygen atoms in total. The molecule has 0 atom stereocenters. The van der Waals surface area contributed by atoms with E-state index in [1.165, 1.54) is 6.08 Å². The molecule has 0 amide bonds. The van der Waals surface area contributed by atoms with Crippen LogP contribution in [0.15, 0.2) is 16.8 Å². The van der Waals surface area contributed by atoms with E-state index in [2.05, 4.69) is 4.99 Å². The van der Waals surface area contributed by atoms with Crippen molar-refractivity contribution >= 4 is 5.84 Å². The number of aliphatic imine (C=N–C) groups is 1. The lowest BCUT2D eigenvalue weighted by Gasteiger charge is -2.04. The van der Waals surface area contributed by atoms with Crippen molar-refractivity contribution in [3.63, 3.8) is 0 Å². The van der Waals surface area contributed by atoms with Crippen molar-refractivity contribution < 1.29 is 10.2 Å². The van der Waals surface area contributed by atoms with Crippen LogP contribution in [0, 0.1) is 0 Å². The molecule has 0 heterocycles. The van der Waals surface area contributed by atoms with Crippen LogP contribution in [0.1, 0.15) is 19.8 Å². The zero-order chi connectivity index (χ0) is 10.1. The largest absolute Gasteiger partial charge is 0.398 e. The average Bonchev–Trinajstić information content (AvgIpc) is 2.66. The summed E-state index contributed by atoms with van der Waals surface area (Å²) in [7, 11) is 0. The molecule has 6 N–H and O–H groups in total. The fourth-order valence-electron chi connectivity index (χ4n) is 0.882. The number of rotatable bonds is 3. The molecule has 13 heavy (non-hydrogen) atoms. The van der Waals surface area contributed by atoms with Gasteiger partial charge in [0.2, 0.25) is 0 Å². The van der Waals surface area contributed by atoms with Gasteiger partial charge in [0.05, 0.1) is 11.2 Å². The summed E-state index contributed by atoms with van der Waals surface area (Å²) < 4.78 is 0. The highest BCUT2D eigenvalue weighted by Crippen LogP contribution is 2.38. The smallest absolute Gasteiger partial charge is 0.193 e. The Balaban J connectivity index is 2.62. The molecule has 0 aromatic heterocycles. The summed E-state index contributed by atoms with van der Waals surface area (Å²) in [5.74, 6) is 0.241. The highest BCUT2D eigenvalue weighted by molar-refractivity contribution is 5.92. The monoisotopic (exact) mass is 185 g/mol. The number of amidine groups is 1. The molecule has 0 aromatic carbocycles. The maximum atomic E-state index is 8.64. The van der Waals surface area contributed by atoms with Crippen LogP contribution in [-0.4, -0.2) is 27.9 Å². The second kappa shape index (κ2) is 3.35. The molecule has 0 aliphatic heterocycles. The van der Waals surface area contributed by atoms with Crippen molar-refractivity contribution in [3.8, 4) is 0 Å². The number of hydrogen-bond donors (Lipinski definition) is 4. The number of hydrogen-bond acceptors (Lipinski definition) is 4. The van der Waals surface area contributed by atoms with Gasteiger partial charge in [-0.2, -0.15) is 0 Å². The molecule has 0 unspecified atom stereocenters. The minimum absolute atomic E-state index is 0.0543. The molecule has 0 radical (unpaired) electrons. The summed E-state index contributed by atoms with van der Waals surface area (Å²) >= 11 is 0. The standard InChI is InChI=1S/C8H15N3O2/c1-8(2-3-8)11-6(10)4-5(9)7(12)13/h4,7,12-13H,2-3,9H2,1H3,(H2,10,11). The Labute approximate surface area is 76.8 Å². The van der Waals surface area contributed by atoms with Crippen LogP contribution in [0.3, 0.4) is 0 Å². The molecule has 1 aliphatic rings. The Morgan fingerprint density at radius 3 is 2.38 bits per heavy atom. The van der Waals surface area contributed by atoms with E-state index < -0.39 is 6.29 Å². The summed E-state index contributed by atoms with van der Waals surface area (Å²) in [5.41, 5.74) is 10.6. The SMILES string of the molecule is CC1(N=C(N)C=C(N)C(O)O)CC1. The molecule has 5 heteroatoms. The summed E-state index contributed by atoms with van der Waals surface area (Å²) in [6.45, 7) is 1.99. The second-order valence-electron chi connectivity index (χ2n) is 3.55. The van der Waals surface area contributed by atoms with Gasteiger partial charge in [0.25, 0.3) is 0 Å². The van der Waals surface area contributed by atoms with Gasteiger partial charge in [-0.3, -0.25) is 4.99 Å². The highest BCUT2D eigenvalue weighted by atomic mass is 16.5. The summed E-state index contributed by atoms with van der Waals surface area (Å²) in [6.07, 6.45) is 1.64. The molecule has 74 valence electrons. The van der Waals surface area contributed by atoms with E-state index in [0.717, 1.165) is 12.8 Å². The first-order valence-corrected chi connectivity index (χ1v) is 4.11. The lowest BCUT2D eigenvalue weighted by atomic mass is 10.3. The predicted molar refractivity (Wildman–Crippen MR) is 49.8 cm³/mol. The Hall–Kier alpha value is -1.07. The third kappa shape index (κ3) is 3.04. The maximum Gasteiger partial charge on any atom is 0.193 e. The van der Waals surface area contributed by atoms with E-state index in [-0.39, 0.29) is 17.1 Å². The Bertz CT molecular complexity index is 254. The molecule has 0 bridgehead atoms. The van der Waals surface area contributed by atoms with Gasteiger partial charge in [0, 0.05) is 6.08 Å². The molecule has 1 aliphatic carbocycles. The number of nitrogens with two attached hydrogens (primary N) is 2. The van der Waals surface area contributed by atoms with Gasteiger partial charge < -0.3 is 21.7 Å². The van der Waals surface area contributed by atoms with Crippen molar-refractivity contribution in [1.29, 1.82) is 0 Å². The van der Waals surface area contributed by atoms with Crippen LogP contribution in [0.5, 0.6) is 0 Å². The molecular formula is C8H15N3O2. The van der Waals surface area contributed by atoms with Crippen molar-refractivity contribution in [3.05, 3.63) is 11.8 Å². The van der Waals surface area contributed by atoms with Crippen LogP contribution in [0.4, 0.5) is 0 Å². The predicted octanol–water partition coefficient (Wildman–Crippen LogP) is -0.951. The van der Waals surface area contributed by atoms with Gasteiger partial charge >= 0.3 is 0 Å². The lowest BCUT2D eigenvalue weighted by Crippen LogP contribution is -2.21. The summed E-state index contributed by atoms with van der Waals surface area (Å²) in [4.78, 5) is 4.16. The zero-order valence-electron chi connectivity index (χ0n) is 7.57. The van der Waals surface area contributed by atoms with Crippen LogP contribution >= 0.6 is 0 Å². The Morgan fingerprint density at radius 2 is 2.00 bits per heavy atom. The molecule has 1 rings (SSSR count). The second-order valence-corrected chi connectivity index (χ2v) is 3.55. The molecule has 0 saturated heterocycles. The van der Waals surface area contributed by atoms with Crippen molar-refractivity contribution in [2.24, 2.45) is 16.5 Å². The number of aliphatic hydroxyl groups excluding tert-OH is 1. The third-order valence-corrected chi connectivity index (χ3v) is 1.99. The highest BCUT2D eigenvalue weighted by Gasteiger charge is 2.36. The first-order valence-electron chi connectivity index (χ1n) is 4.11. The quantitative estimate of drug-likeness (QED) is 0.258. The molecular weight excluding hydrogens is 170 g/mol. The Morgan fingerprint density at radius 1 is 1.46 bits per heavy atom. The number of aliphatic hydroxyl groups is 2. The van der Waals surface area contributed by atoms with Gasteiger partial charge in [-0.15, -0.1) is 0 Å². The summed E-state index contributed by atoms with van der Waals surface area (Å²) in [6, 6.07) is 0. The molecule has 0 spiro atoms. The van der Waals surface area contributed by atoms with Crippen molar-refractivity contribution in [2.45, 2.75) is 31.6 Å². The fraction of sp³-hybridized carbons (Fsp3) is 0.625. The van der Waals surface area contributed by atoms with E-state index >= 15 is 0 Å². The molecule has 1 fully saturated rings. The lowest BCUT2D eigenvalue weighted by molar-refractivity contribution is -0.00874. The van der Waals surface area contributed by atoms with E-state index in [1.54, 1.807) is 0 Å². The first-order chi connectivity index (χ1) is 5.93. The third-order valence-electron chi connectivity index (χ3n) is 1.99. The van der Waals surface area contributed by atoms with Crippen molar-refractivity contribution in [2.75, 3.05) is 0 Å². The van der Waals surface area contributed by atoms with E-state index in [0.29, 0.717) is 0 Å². The van der Waals surface area contributed by atoms with E-state index in [9.17, 15) is 0 Å². The van der Waals surface area contributed by atoms with Crippen LogP contribution < -0.4 is 11.5 Å². The number of nitrogens with zero attached hydrogens (tertiary/aromatic N) is 1. The van der Waals surface area contributed by atoms with Gasteiger partial charge in [-0.1, -0.05) is 0 Å².